The Morgan fingerprint density at radius 1 is 1.06 bits per heavy atom. The second-order valence-electron chi connectivity index (χ2n) is 7.43. The summed E-state index contributed by atoms with van der Waals surface area (Å²) in [6.07, 6.45) is 0. The average Bonchev–Trinajstić information content (AvgIpc) is 2.77. The van der Waals surface area contributed by atoms with Gasteiger partial charge in [-0.1, -0.05) is 59.6 Å². The van der Waals surface area contributed by atoms with Crippen LogP contribution in [0.4, 0.5) is 11.4 Å². The molecule has 0 saturated carbocycles. The smallest absolute Gasteiger partial charge is 0.289 e. The van der Waals surface area contributed by atoms with Crippen LogP contribution in [0.3, 0.4) is 0 Å². The molecule has 0 spiro atoms. The minimum absolute atomic E-state index is 0.183. The van der Waals surface area contributed by atoms with E-state index < -0.39 is 33.1 Å². The number of sulfonamides is 1. The summed E-state index contributed by atoms with van der Waals surface area (Å²) in [5.41, 5.74) is 2.18. The number of rotatable bonds is 8. The summed E-state index contributed by atoms with van der Waals surface area (Å²) in [7, 11) is -4.33. The molecule has 3 aromatic carbocycles. The minimum Gasteiger partial charge on any atom is -0.350 e. The first-order valence-corrected chi connectivity index (χ1v) is 11.8. The van der Waals surface area contributed by atoms with Gasteiger partial charge in [-0.05, 0) is 43.2 Å². The first kappa shape index (κ1) is 24.2. The molecule has 33 heavy (non-hydrogen) atoms. The third-order valence-electron chi connectivity index (χ3n) is 4.94. The quantitative estimate of drug-likeness (QED) is 0.374. The van der Waals surface area contributed by atoms with Gasteiger partial charge in [0.2, 0.25) is 5.91 Å². The molecule has 0 atom stereocenters. The highest BCUT2D eigenvalue weighted by atomic mass is 35.5. The summed E-state index contributed by atoms with van der Waals surface area (Å²) < 4.78 is 28.0. The van der Waals surface area contributed by atoms with Crippen molar-refractivity contribution < 1.29 is 18.1 Å². The third-order valence-corrected chi connectivity index (χ3v) is 7.02. The molecule has 1 amide bonds. The van der Waals surface area contributed by atoms with Crippen molar-refractivity contribution in [3.63, 3.8) is 0 Å². The van der Waals surface area contributed by atoms with Crippen LogP contribution >= 0.6 is 11.6 Å². The average molecular weight is 488 g/mol. The molecular formula is C23H22ClN3O5S. The van der Waals surface area contributed by atoms with Gasteiger partial charge in [-0.2, -0.15) is 0 Å². The van der Waals surface area contributed by atoms with Crippen molar-refractivity contribution in [1.82, 2.24) is 5.32 Å². The van der Waals surface area contributed by atoms with Crippen LogP contribution < -0.4 is 9.62 Å². The number of hydrogen-bond donors (Lipinski definition) is 1. The number of aryl methyl sites for hydroxylation is 2. The van der Waals surface area contributed by atoms with Crippen LogP contribution in [0.2, 0.25) is 5.02 Å². The van der Waals surface area contributed by atoms with E-state index in [2.05, 4.69) is 5.32 Å². The van der Waals surface area contributed by atoms with Crippen LogP contribution in [0.1, 0.15) is 16.7 Å². The zero-order chi connectivity index (χ0) is 24.2. The maximum Gasteiger partial charge on any atom is 0.289 e. The Bertz CT molecular complexity index is 1300. The van der Waals surface area contributed by atoms with E-state index in [9.17, 15) is 23.3 Å². The monoisotopic (exact) mass is 487 g/mol. The van der Waals surface area contributed by atoms with Crippen LogP contribution in [0.25, 0.3) is 0 Å². The summed E-state index contributed by atoms with van der Waals surface area (Å²) >= 11 is 5.85. The van der Waals surface area contributed by atoms with Gasteiger partial charge in [-0.15, -0.1) is 0 Å². The van der Waals surface area contributed by atoms with E-state index in [0.717, 1.165) is 27.6 Å². The van der Waals surface area contributed by atoms with Crippen LogP contribution in [0.15, 0.2) is 71.6 Å². The molecule has 0 aliphatic rings. The third kappa shape index (κ3) is 5.68. The molecule has 0 unspecified atom stereocenters. The number of carbonyl (C=O) groups excluding carboxylic acids is 1. The van der Waals surface area contributed by atoms with Crippen molar-refractivity contribution in [2.24, 2.45) is 0 Å². The molecule has 0 radical (unpaired) electrons. The van der Waals surface area contributed by atoms with Gasteiger partial charge in [0.05, 0.1) is 15.5 Å². The van der Waals surface area contributed by atoms with Gasteiger partial charge in [-0.3, -0.25) is 19.2 Å². The molecule has 0 aromatic heterocycles. The second kappa shape index (κ2) is 10.0. The van der Waals surface area contributed by atoms with Gasteiger partial charge in [0.15, 0.2) is 0 Å². The number of nitrogens with one attached hydrogen (secondary N) is 1. The molecule has 8 nitrogen and oxygen atoms in total. The molecule has 0 fully saturated rings. The summed E-state index contributed by atoms with van der Waals surface area (Å²) in [6, 6.07) is 17.6. The van der Waals surface area contributed by atoms with E-state index in [1.54, 1.807) is 25.1 Å². The van der Waals surface area contributed by atoms with E-state index in [0.29, 0.717) is 11.3 Å². The van der Waals surface area contributed by atoms with Crippen molar-refractivity contribution in [1.29, 1.82) is 0 Å². The Morgan fingerprint density at radius 3 is 2.39 bits per heavy atom. The Balaban J connectivity index is 1.98. The molecule has 172 valence electrons. The van der Waals surface area contributed by atoms with Crippen molar-refractivity contribution in [2.75, 3.05) is 10.8 Å². The van der Waals surface area contributed by atoms with Gasteiger partial charge >= 0.3 is 0 Å². The maximum atomic E-state index is 13.5. The van der Waals surface area contributed by atoms with Crippen molar-refractivity contribution in [3.8, 4) is 0 Å². The molecule has 10 heteroatoms. The Labute approximate surface area is 197 Å². The second-order valence-corrected chi connectivity index (χ2v) is 9.70. The largest absolute Gasteiger partial charge is 0.350 e. The van der Waals surface area contributed by atoms with E-state index in [-0.39, 0.29) is 16.5 Å². The first-order chi connectivity index (χ1) is 15.6. The Morgan fingerprint density at radius 2 is 1.76 bits per heavy atom. The van der Waals surface area contributed by atoms with Gasteiger partial charge < -0.3 is 5.32 Å². The highest BCUT2D eigenvalue weighted by Crippen LogP contribution is 2.32. The summed E-state index contributed by atoms with van der Waals surface area (Å²) in [5.74, 6) is -0.522. The SMILES string of the molecule is Cc1ccc(N(CC(=O)NCc2ccccc2)S(=O)(=O)c2ccc(Cl)c([N+](=O)[O-])c2)c(C)c1. The van der Waals surface area contributed by atoms with Crippen LogP contribution in [0, 0.1) is 24.0 Å². The molecule has 0 saturated heterocycles. The lowest BCUT2D eigenvalue weighted by molar-refractivity contribution is -0.384. The number of carbonyl (C=O) groups is 1. The fourth-order valence-corrected chi connectivity index (χ4v) is 4.98. The number of anilines is 1. The number of nitro benzene ring substituents is 1. The zero-order valence-corrected chi connectivity index (χ0v) is 19.6. The number of amides is 1. The van der Waals surface area contributed by atoms with E-state index in [1.165, 1.54) is 6.07 Å². The predicted molar refractivity (Wildman–Crippen MR) is 127 cm³/mol. The first-order valence-electron chi connectivity index (χ1n) is 9.94. The van der Waals surface area contributed by atoms with Gasteiger partial charge in [0.1, 0.15) is 11.6 Å². The van der Waals surface area contributed by atoms with Crippen molar-refractivity contribution in [2.45, 2.75) is 25.3 Å². The van der Waals surface area contributed by atoms with Crippen LogP contribution in [-0.2, 0) is 21.4 Å². The van der Waals surface area contributed by atoms with Crippen LogP contribution in [0.5, 0.6) is 0 Å². The van der Waals surface area contributed by atoms with Crippen molar-refractivity contribution in [3.05, 3.63) is 98.6 Å². The summed E-state index contributed by atoms with van der Waals surface area (Å²) in [6.45, 7) is 3.32. The maximum absolute atomic E-state index is 13.5. The molecule has 3 aromatic rings. The predicted octanol–water partition coefficient (Wildman–Crippen LogP) is 4.38. The van der Waals surface area contributed by atoms with Crippen molar-refractivity contribution >= 4 is 38.9 Å². The lowest BCUT2D eigenvalue weighted by Crippen LogP contribution is -2.41. The molecule has 0 aliphatic heterocycles. The van der Waals surface area contributed by atoms with E-state index in [1.807, 2.05) is 37.3 Å². The topological polar surface area (TPSA) is 110 Å². The van der Waals surface area contributed by atoms with Gasteiger partial charge in [0, 0.05) is 12.6 Å². The lowest BCUT2D eigenvalue weighted by atomic mass is 10.1. The number of benzene rings is 3. The molecule has 0 aliphatic carbocycles. The van der Waals surface area contributed by atoms with E-state index >= 15 is 0 Å². The lowest BCUT2D eigenvalue weighted by Gasteiger charge is -2.26. The fourth-order valence-electron chi connectivity index (χ4n) is 3.29. The number of halogens is 1. The number of nitro groups is 1. The fraction of sp³-hybridized carbons (Fsp3) is 0.174. The number of nitrogens with zero attached hydrogens (tertiary/aromatic N) is 2. The van der Waals surface area contributed by atoms with E-state index in [4.69, 9.17) is 11.6 Å². The minimum atomic E-state index is -4.33. The standard InChI is InChI=1S/C23H22ClN3O5S/c1-16-8-11-21(17(2)12-16)26(15-23(28)25-14-18-6-4-3-5-7-18)33(31,32)19-9-10-20(24)22(13-19)27(29)30/h3-13H,14-15H2,1-2H3,(H,25,28). The molecule has 0 heterocycles. The summed E-state index contributed by atoms with van der Waals surface area (Å²) in [5, 5.41) is 13.8. The molecule has 3 rings (SSSR count). The van der Waals surface area contributed by atoms with Gasteiger partial charge in [0.25, 0.3) is 15.7 Å². The number of hydrogen-bond acceptors (Lipinski definition) is 5. The highest BCUT2D eigenvalue weighted by molar-refractivity contribution is 7.92. The Kier molecular flexibility index (Phi) is 7.35. The molecule has 0 bridgehead atoms. The molecule has 1 N–H and O–H groups in total. The molecular weight excluding hydrogens is 466 g/mol. The summed E-state index contributed by atoms with van der Waals surface area (Å²) in [4.78, 5) is 22.9. The normalized spacial score (nSPS) is 11.1. The zero-order valence-electron chi connectivity index (χ0n) is 18.0. The van der Waals surface area contributed by atoms with Gasteiger partial charge in [-0.25, -0.2) is 8.42 Å². The highest BCUT2D eigenvalue weighted by Gasteiger charge is 2.30. The van der Waals surface area contributed by atoms with Crippen LogP contribution in [-0.4, -0.2) is 25.8 Å². The Hall–Kier alpha value is -3.43.